The van der Waals surface area contributed by atoms with Gasteiger partial charge in [0, 0.05) is 29.5 Å². The van der Waals surface area contributed by atoms with Crippen LogP contribution in [0.25, 0.3) is 0 Å². The number of benzene rings is 2. The van der Waals surface area contributed by atoms with E-state index in [1.54, 1.807) is 0 Å². The van der Waals surface area contributed by atoms with Gasteiger partial charge in [0.1, 0.15) is 0 Å². The molecule has 106 valence electrons. The first-order valence-electron chi connectivity index (χ1n) is 6.95. The molecular formula is C17H21ClN2. The fraction of sp³-hybridized carbons (Fsp3) is 0.294. The molecule has 20 heavy (non-hydrogen) atoms. The fourth-order valence-electron chi connectivity index (χ4n) is 2.29. The molecule has 0 aliphatic heterocycles. The predicted molar refractivity (Wildman–Crippen MR) is 88.0 cm³/mol. The molecule has 0 saturated carbocycles. The lowest BCUT2D eigenvalue weighted by atomic mass is 10.1. The summed E-state index contributed by atoms with van der Waals surface area (Å²) in [5.41, 5.74) is 3.38. The number of rotatable bonds is 5. The molecule has 0 aliphatic carbocycles. The Balaban J connectivity index is 2.25. The van der Waals surface area contributed by atoms with Crippen LogP contribution in [-0.2, 0) is 0 Å². The van der Waals surface area contributed by atoms with Crippen LogP contribution in [-0.4, -0.2) is 13.6 Å². The number of nitrogens with zero attached hydrogens (tertiary/aromatic N) is 1. The molecule has 0 aliphatic rings. The second kappa shape index (κ2) is 6.78. The zero-order valence-electron chi connectivity index (χ0n) is 12.2. The molecule has 3 heteroatoms. The highest BCUT2D eigenvalue weighted by atomic mass is 35.5. The number of hydrogen-bond donors (Lipinski definition) is 1. The van der Waals surface area contributed by atoms with E-state index >= 15 is 0 Å². The Kier molecular flexibility index (Phi) is 5.05. The summed E-state index contributed by atoms with van der Waals surface area (Å²) in [7, 11) is 2.05. The van der Waals surface area contributed by atoms with Crippen molar-refractivity contribution >= 4 is 23.0 Å². The molecule has 0 fully saturated rings. The predicted octanol–water partition coefficient (Wildman–Crippen LogP) is 4.78. The Labute approximate surface area is 126 Å². The van der Waals surface area contributed by atoms with E-state index in [9.17, 15) is 0 Å². The van der Waals surface area contributed by atoms with Crippen LogP contribution in [0.4, 0.5) is 11.4 Å². The second-order valence-electron chi connectivity index (χ2n) is 4.88. The maximum absolute atomic E-state index is 6.42. The summed E-state index contributed by atoms with van der Waals surface area (Å²) in [6.07, 6.45) is 0. The van der Waals surface area contributed by atoms with Gasteiger partial charge in [-0.3, -0.25) is 0 Å². The summed E-state index contributed by atoms with van der Waals surface area (Å²) in [5.74, 6) is 0. The number of anilines is 2. The smallest absolute Gasteiger partial charge is 0.0474 e. The summed E-state index contributed by atoms with van der Waals surface area (Å²) >= 11 is 6.42. The molecule has 2 rings (SSSR count). The van der Waals surface area contributed by atoms with Gasteiger partial charge in [-0.2, -0.15) is 0 Å². The minimum absolute atomic E-state index is 0.267. The molecule has 1 N–H and O–H groups in total. The Morgan fingerprint density at radius 2 is 1.80 bits per heavy atom. The first-order valence-corrected chi connectivity index (χ1v) is 7.33. The van der Waals surface area contributed by atoms with E-state index in [0.717, 1.165) is 28.5 Å². The van der Waals surface area contributed by atoms with Crippen LogP contribution in [0.3, 0.4) is 0 Å². The minimum Gasteiger partial charge on any atom is -0.345 e. The molecule has 2 aromatic rings. The summed E-state index contributed by atoms with van der Waals surface area (Å²) in [6, 6.07) is 16.8. The first-order chi connectivity index (χ1) is 9.63. The monoisotopic (exact) mass is 288 g/mol. The molecule has 0 saturated heterocycles. The van der Waals surface area contributed by atoms with Gasteiger partial charge < -0.3 is 10.2 Å². The van der Waals surface area contributed by atoms with E-state index in [-0.39, 0.29) is 6.04 Å². The van der Waals surface area contributed by atoms with Gasteiger partial charge >= 0.3 is 0 Å². The third-order valence-corrected chi connectivity index (χ3v) is 3.82. The Morgan fingerprint density at radius 3 is 2.40 bits per heavy atom. The van der Waals surface area contributed by atoms with Crippen LogP contribution < -0.4 is 10.2 Å². The molecule has 0 bridgehead atoms. The van der Waals surface area contributed by atoms with Crippen LogP contribution in [0.5, 0.6) is 0 Å². The number of halogens is 1. The maximum Gasteiger partial charge on any atom is 0.0474 e. The van der Waals surface area contributed by atoms with Gasteiger partial charge in [0.25, 0.3) is 0 Å². The molecular weight excluding hydrogens is 268 g/mol. The highest BCUT2D eigenvalue weighted by Gasteiger charge is 2.11. The van der Waals surface area contributed by atoms with Crippen molar-refractivity contribution in [3.05, 3.63) is 59.1 Å². The molecule has 1 unspecified atom stereocenters. The van der Waals surface area contributed by atoms with Crippen molar-refractivity contribution in [2.75, 3.05) is 18.5 Å². The van der Waals surface area contributed by atoms with E-state index in [2.05, 4.69) is 48.3 Å². The van der Waals surface area contributed by atoms with Gasteiger partial charge in [-0.1, -0.05) is 42.8 Å². The quantitative estimate of drug-likeness (QED) is 0.852. The van der Waals surface area contributed by atoms with E-state index < -0.39 is 0 Å². The van der Waals surface area contributed by atoms with Gasteiger partial charge in [0.05, 0.1) is 0 Å². The van der Waals surface area contributed by atoms with Crippen molar-refractivity contribution in [3.8, 4) is 0 Å². The normalized spacial score (nSPS) is 12.2. The lowest BCUT2D eigenvalue weighted by molar-refractivity contribution is 0.598. The average Bonchev–Trinajstić information content (AvgIpc) is 2.47. The van der Waals surface area contributed by atoms with Gasteiger partial charge in [-0.15, -0.1) is 0 Å². The fourth-order valence-corrected chi connectivity index (χ4v) is 2.63. The zero-order chi connectivity index (χ0) is 14.5. The van der Waals surface area contributed by atoms with Gasteiger partial charge in [0.15, 0.2) is 0 Å². The van der Waals surface area contributed by atoms with Crippen molar-refractivity contribution in [2.24, 2.45) is 0 Å². The van der Waals surface area contributed by atoms with E-state index in [4.69, 9.17) is 11.6 Å². The number of nitrogens with one attached hydrogen (secondary N) is 1. The van der Waals surface area contributed by atoms with Crippen LogP contribution in [0, 0.1) is 0 Å². The number of hydrogen-bond acceptors (Lipinski definition) is 2. The van der Waals surface area contributed by atoms with Crippen LogP contribution in [0.2, 0.25) is 5.02 Å². The second-order valence-corrected chi connectivity index (χ2v) is 5.29. The largest absolute Gasteiger partial charge is 0.345 e. The lowest BCUT2D eigenvalue weighted by Gasteiger charge is -2.22. The third-order valence-electron chi connectivity index (χ3n) is 3.49. The molecule has 2 aromatic carbocycles. The Bertz CT molecular complexity index is 554. The van der Waals surface area contributed by atoms with Crippen LogP contribution in [0.1, 0.15) is 25.5 Å². The SMILES string of the molecule is CCNC(C)c1ccc(N(C)c2ccccc2)cc1Cl. The highest BCUT2D eigenvalue weighted by molar-refractivity contribution is 6.31. The molecule has 2 nitrogen and oxygen atoms in total. The molecule has 0 spiro atoms. The molecule has 0 heterocycles. The zero-order valence-corrected chi connectivity index (χ0v) is 13.0. The van der Waals surface area contributed by atoms with Crippen molar-refractivity contribution in [3.63, 3.8) is 0 Å². The highest BCUT2D eigenvalue weighted by Crippen LogP contribution is 2.30. The van der Waals surface area contributed by atoms with Gasteiger partial charge in [0.2, 0.25) is 0 Å². The topological polar surface area (TPSA) is 15.3 Å². The van der Waals surface area contributed by atoms with Crippen molar-refractivity contribution < 1.29 is 0 Å². The summed E-state index contributed by atoms with van der Waals surface area (Å²) in [6.45, 7) is 5.16. The first kappa shape index (κ1) is 14.9. The third kappa shape index (κ3) is 3.33. The molecule has 0 amide bonds. The Hall–Kier alpha value is -1.51. The van der Waals surface area contributed by atoms with Crippen LogP contribution in [0.15, 0.2) is 48.5 Å². The Morgan fingerprint density at radius 1 is 1.10 bits per heavy atom. The molecule has 0 radical (unpaired) electrons. The van der Waals surface area contributed by atoms with E-state index in [1.165, 1.54) is 0 Å². The van der Waals surface area contributed by atoms with Crippen molar-refractivity contribution in [1.82, 2.24) is 5.32 Å². The van der Waals surface area contributed by atoms with Gasteiger partial charge in [-0.05, 0) is 43.3 Å². The lowest BCUT2D eigenvalue weighted by Crippen LogP contribution is -2.18. The van der Waals surface area contributed by atoms with Crippen LogP contribution >= 0.6 is 11.6 Å². The minimum atomic E-state index is 0.267. The maximum atomic E-state index is 6.42. The molecule has 0 aromatic heterocycles. The number of para-hydroxylation sites is 1. The average molecular weight is 289 g/mol. The van der Waals surface area contributed by atoms with Gasteiger partial charge in [-0.25, -0.2) is 0 Å². The molecule has 1 atom stereocenters. The van der Waals surface area contributed by atoms with E-state index in [1.807, 2.05) is 31.3 Å². The van der Waals surface area contributed by atoms with Crippen molar-refractivity contribution in [2.45, 2.75) is 19.9 Å². The summed E-state index contributed by atoms with van der Waals surface area (Å²) in [5, 5.41) is 4.19. The standard InChI is InChI=1S/C17H21ClN2/c1-4-19-13(2)16-11-10-15(12-17(16)18)20(3)14-8-6-5-7-9-14/h5-13,19H,4H2,1-3H3. The summed E-state index contributed by atoms with van der Waals surface area (Å²) in [4.78, 5) is 2.13. The summed E-state index contributed by atoms with van der Waals surface area (Å²) < 4.78 is 0. The van der Waals surface area contributed by atoms with Crippen molar-refractivity contribution in [1.29, 1.82) is 0 Å². The van der Waals surface area contributed by atoms with E-state index in [0.29, 0.717) is 0 Å².